The van der Waals surface area contributed by atoms with E-state index in [1.54, 1.807) is 0 Å². The highest BCUT2D eigenvalue weighted by Gasteiger charge is 2.21. The van der Waals surface area contributed by atoms with E-state index in [9.17, 15) is 0 Å². The molecule has 3 atom stereocenters. The lowest BCUT2D eigenvalue weighted by Gasteiger charge is -2.36. The van der Waals surface area contributed by atoms with Crippen LogP contribution in [0.3, 0.4) is 0 Å². The van der Waals surface area contributed by atoms with E-state index in [-0.39, 0.29) is 6.04 Å². The molecule has 2 nitrogen and oxygen atoms in total. The van der Waals surface area contributed by atoms with Gasteiger partial charge in [0.15, 0.2) is 0 Å². The third-order valence-corrected chi connectivity index (χ3v) is 3.65. The number of hydrogen-bond acceptors (Lipinski definition) is 2. The zero-order chi connectivity index (χ0) is 12.4. The van der Waals surface area contributed by atoms with Crippen molar-refractivity contribution in [3.63, 3.8) is 0 Å². The summed E-state index contributed by atoms with van der Waals surface area (Å²) in [5.74, 6) is 1.60. The molecule has 17 heavy (non-hydrogen) atoms. The highest BCUT2D eigenvalue weighted by molar-refractivity contribution is 5.48. The van der Waals surface area contributed by atoms with Crippen molar-refractivity contribution in [2.24, 2.45) is 17.6 Å². The smallest absolute Gasteiger partial charge is 0.0366 e. The number of anilines is 1. The maximum absolute atomic E-state index is 5.87. The molecule has 0 amide bonds. The molecule has 1 aromatic carbocycles. The minimum atomic E-state index is 0.128. The van der Waals surface area contributed by atoms with E-state index < -0.39 is 0 Å². The number of piperidine rings is 1. The second kappa shape index (κ2) is 5.09. The molecule has 94 valence electrons. The van der Waals surface area contributed by atoms with E-state index in [1.807, 2.05) is 6.92 Å². The molecule has 0 aliphatic carbocycles. The van der Waals surface area contributed by atoms with E-state index in [0.29, 0.717) is 0 Å². The average Bonchev–Trinajstić information content (AvgIpc) is 2.28. The molecule has 0 aromatic heterocycles. The van der Waals surface area contributed by atoms with Gasteiger partial charge in [0.05, 0.1) is 0 Å². The van der Waals surface area contributed by atoms with Gasteiger partial charge < -0.3 is 10.6 Å². The Labute approximate surface area is 105 Å². The summed E-state index contributed by atoms with van der Waals surface area (Å²) in [7, 11) is 0. The van der Waals surface area contributed by atoms with Gasteiger partial charge in [0.2, 0.25) is 0 Å². The Bertz CT molecular complexity index is 346. The van der Waals surface area contributed by atoms with Crippen molar-refractivity contribution in [1.29, 1.82) is 0 Å². The first kappa shape index (κ1) is 12.4. The molecule has 0 saturated carbocycles. The summed E-state index contributed by atoms with van der Waals surface area (Å²) in [5, 5.41) is 0. The summed E-state index contributed by atoms with van der Waals surface area (Å²) in [6.45, 7) is 9.09. The fraction of sp³-hybridized carbons (Fsp3) is 0.600. The molecule has 1 saturated heterocycles. The Balaban J connectivity index is 2.11. The first-order valence-corrected chi connectivity index (χ1v) is 6.66. The standard InChI is InChI=1S/C15H24N2/c1-11-8-12(2)10-17(9-11)15-6-4-14(5-7-15)13(3)16/h4-7,11-13H,8-10,16H2,1-3H3/t11?,12?,13-/m0/s1. The molecule has 1 fully saturated rings. The van der Waals surface area contributed by atoms with Gasteiger partial charge >= 0.3 is 0 Å². The lowest BCUT2D eigenvalue weighted by molar-refractivity contribution is 0.357. The molecule has 1 heterocycles. The van der Waals surface area contributed by atoms with Crippen molar-refractivity contribution in [2.45, 2.75) is 33.2 Å². The van der Waals surface area contributed by atoms with Crippen LogP contribution >= 0.6 is 0 Å². The molecule has 2 rings (SSSR count). The van der Waals surface area contributed by atoms with Crippen LogP contribution in [0.5, 0.6) is 0 Å². The van der Waals surface area contributed by atoms with E-state index >= 15 is 0 Å². The predicted molar refractivity (Wildman–Crippen MR) is 74.2 cm³/mol. The quantitative estimate of drug-likeness (QED) is 0.848. The van der Waals surface area contributed by atoms with E-state index in [2.05, 4.69) is 43.0 Å². The first-order valence-electron chi connectivity index (χ1n) is 6.66. The van der Waals surface area contributed by atoms with Gasteiger partial charge in [-0.2, -0.15) is 0 Å². The van der Waals surface area contributed by atoms with Crippen LogP contribution in [0.25, 0.3) is 0 Å². The second-order valence-corrected chi connectivity index (χ2v) is 5.73. The predicted octanol–water partition coefficient (Wildman–Crippen LogP) is 3.19. The van der Waals surface area contributed by atoms with Gasteiger partial charge in [-0.25, -0.2) is 0 Å². The Hall–Kier alpha value is -1.02. The van der Waals surface area contributed by atoms with Crippen LogP contribution in [0, 0.1) is 11.8 Å². The van der Waals surface area contributed by atoms with Crippen LogP contribution < -0.4 is 10.6 Å². The number of hydrogen-bond donors (Lipinski definition) is 1. The Kier molecular flexibility index (Phi) is 3.72. The Morgan fingerprint density at radius 2 is 1.65 bits per heavy atom. The van der Waals surface area contributed by atoms with Crippen LogP contribution in [-0.2, 0) is 0 Å². The second-order valence-electron chi connectivity index (χ2n) is 5.73. The summed E-state index contributed by atoms with van der Waals surface area (Å²) >= 11 is 0. The first-order chi connectivity index (χ1) is 8.06. The van der Waals surface area contributed by atoms with Crippen LogP contribution in [0.15, 0.2) is 24.3 Å². The molecule has 1 aromatic rings. The molecular weight excluding hydrogens is 208 g/mol. The topological polar surface area (TPSA) is 29.3 Å². The molecule has 0 spiro atoms. The van der Waals surface area contributed by atoms with E-state index in [1.165, 1.54) is 30.8 Å². The van der Waals surface area contributed by atoms with Crippen molar-refractivity contribution in [3.05, 3.63) is 29.8 Å². The molecular formula is C15H24N2. The lowest BCUT2D eigenvalue weighted by Crippen LogP contribution is -2.38. The van der Waals surface area contributed by atoms with Gasteiger partial charge in [0, 0.05) is 24.8 Å². The summed E-state index contributed by atoms with van der Waals surface area (Å²) in [5.41, 5.74) is 8.43. The highest BCUT2D eigenvalue weighted by atomic mass is 15.1. The summed E-state index contributed by atoms with van der Waals surface area (Å²) in [6.07, 6.45) is 1.36. The van der Waals surface area contributed by atoms with Gasteiger partial charge in [-0.3, -0.25) is 0 Å². The molecule has 0 radical (unpaired) electrons. The van der Waals surface area contributed by atoms with Crippen LogP contribution in [-0.4, -0.2) is 13.1 Å². The normalized spacial score (nSPS) is 26.9. The number of benzene rings is 1. The van der Waals surface area contributed by atoms with Crippen molar-refractivity contribution < 1.29 is 0 Å². The minimum Gasteiger partial charge on any atom is -0.371 e. The Morgan fingerprint density at radius 3 is 2.12 bits per heavy atom. The zero-order valence-electron chi connectivity index (χ0n) is 11.2. The van der Waals surface area contributed by atoms with Crippen molar-refractivity contribution in [3.8, 4) is 0 Å². The van der Waals surface area contributed by atoms with Crippen molar-refractivity contribution in [2.75, 3.05) is 18.0 Å². The van der Waals surface area contributed by atoms with Crippen LogP contribution in [0.2, 0.25) is 0 Å². The van der Waals surface area contributed by atoms with Crippen molar-refractivity contribution in [1.82, 2.24) is 0 Å². The van der Waals surface area contributed by atoms with Gasteiger partial charge in [0.25, 0.3) is 0 Å². The average molecular weight is 232 g/mol. The number of nitrogens with two attached hydrogens (primary N) is 1. The fourth-order valence-electron chi connectivity index (χ4n) is 2.86. The molecule has 0 bridgehead atoms. The van der Waals surface area contributed by atoms with Gasteiger partial charge in [0.1, 0.15) is 0 Å². The summed E-state index contributed by atoms with van der Waals surface area (Å²) in [4.78, 5) is 2.50. The van der Waals surface area contributed by atoms with Crippen LogP contribution in [0.4, 0.5) is 5.69 Å². The molecule has 1 aliphatic rings. The zero-order valence-corrected chi connectivity index (χ0v) is 11.2. The van der Waals surface area contributed by atoms with Crippen molar-refractivity contribution >= 4 is 5.69 Å². The molecule has 1 aliphatic heterocycles. The summed E-state index contributed by atoms with van der Waals surface area (Å²) < 4.78 is 0. The monoisotopic (exact) mass is 232 g/mol. The Morgan fingerprint density at radius 1 is 1.12 bits per heavy atom. The molecule has 2 N–H and O–H groups in total. The van der Waals surface area contributed by atoms with E-state index in [0.717, 1.165) is 11.8 Å². The van der Waals surface area contributed by atoms with Gasteiger partial charge in [-0.15, -0.1) is 0 Å². The highest BCUT2D eigenvalue weighted by Crippen LogP contribution is 2.26. The number of rotatable bonds is 2. The minimum absolute atomic E-state index is 0.128. The molecule has 2 unspecified atom stereocenters. The fourth-order valence-corrected chi connectivity index (χ4v) is 2.86. The molecule has 2 heteroatoms. The van der Waals surface area contributed by atoms with Gasteiger partial charge in [-0.05, 0) is 42.9 Å². The van der Waals surface area contributed by atoms with E-state index in [4.69, 9.17) is 5.73 Å². The van der Waals surface area contributed by atoms with Crippen LogP contribution in [0.1, 0.15) is 38.8 Å². The largest absolute Gasteiger partial charge is 0.371 e. The maximum Gasteiger partial charge on any atom is 0.0366 e. The lowest BCUT2D eigenvalue weighted by atomic mass is 9.91. The third kappa shape index (κ3) is 3.01. The third-order valence-electron chi connectivity index (χ3n) is 3.65. The SMILES string of the molecule is CC1CC(C)CN(c2ccc([C@H](C)N)cc2)C1. The summed E-state index contributed by atoms with van der Waals surface area (Å²) in [6, 6.07) is 8.86. The number of nitrogens with zero attached hydrogens (tertiary/aromatic N) is 1. The maximum atomic E-state index is 5.87. The van der Waals surface area contributed by atoms with Gasteiger partial charge in [-0.1, -0.05) is 26.0 Å².